The van der Waals surface area contributed by atoms with Gasteiger partial charge in [-0.15, -0.1) is 0 Å². The summed E-state index contributed by atoms with van der Waals surface area (Å²) in [4.78, 5) is 9.27. The summed E-state index contributed by atoms with van der Waals surface area (Å²) in [5.74, 6) is 0. The minimum Gasteiger partial charge on any atom is -0.382 e. The number of hydrogen-bond donors (Lipinski definition) is 1. The van der Waals surface area contributed by atoms with Crippen LogP contribution in [-0.2, 0) is 16.1 Å². The predicted molar refractivity (Wildman–Crippen MR) is 57.3 cm³/mol. The lowest BCUT2D eigenvalue weighted by Gasteiger charge is -2.12. The highest BCUT2D eigenvalue weighted by Gasteiger charge is 2.04. The van der Waals surface area contributed by atoms with Gasteiger partial charge in [-0.1, -0.05) is 0 Å². The van der Waals surface area contributed by atoms with Crippen LogP contribution in [0.4, 0.5) is 0 Å². The lowest BCUT2D eigenvalue weighted by atomic mass is 10.3. The molecule has 0 radical (unpaired) electrons. The van der Waals surface area contributed by atoms with Gasteiger partial charge in [0.15, 0.2) is 0 Å². The number of nitrogens with zero attached hydrogens (tertiary/aromatic N) is 2. The molecule has 5 nitrogen and oxygen atoms in total. The maximum Gasteiger partial charge on any atom is 0.0951 e. The van der Waals surface area contributed by atoms with Crippen molar-refractivity contribution < 1.29 is 9.57 Å². The molecule has 0 saturated heterocycles. The van der Waals surface area contributed by atoms with E-state index in [1.54, 1.807) is 7.11 Å². The predicted octanol–water partition coefficient (Wildman–Crippen LogP) is 1.13. The van der Waals surface area contributed by atoms with Crippen molar-refractivity contribution in [1.82, 2.24) is 15.0 Å². The standard InChI is InChI=1S/C10H19N3O2/c1-9(2)13-8-11-6-10(13)7-12-15-5-4-14-3/h6,8-9,12H,4-5,7H2,1-3H3. The van der Waals surface area contributed by atoms with E-state index in [2.05, 4.69) is 28.9 Å². The number of hydrogen-bond acceptors (Lipinski definition) is 4. The van der Waals surface area contributed by atoms with Gasteiger partial charge < -0.3 is 9.30 Å². The number of imidazole rings is 1. The normalized spacial score (nSPS) is 11.2. The van der Waals surface area contributed by atoms with E-state index >= 15 is 0 Å². The molecule has 0 saturated carbocycles. The third-order valence-corrected chi connectivity index (χ3v) is 2.05. The molecule has 0 atom stereocenters. The molecule has 1 N–H and O–H groups in total. The Labute approximate surface area is 90.4 Å². The Hall–Kier alpha value is -0.910. The first-order valence-electron chi connectivity index (χ1n) is 5.10. The second-order valence-electron chi connectivity index (χ2n) is 3.55. The molecular weight excluding hydrogens is 194 g/mol. The van der Waals surface area contributed by atoms with Crippen molar-refractivity contribution in [2.75, 3.05) is 20.3 Å². The van der Waals surface area contributed by atoms with Gasteiger partial charge in [-0.3, -0.25) is 4.84 Å². The molecular formula is C10H19N3O2. The first-order valence-corrected chi connectivity index (χ1v) is 5.10. The maximum atomic E-state index is 5.17. The van der Waals surface area contributed by atoms with Gasteiger partial charge in [0.05, 0.1) is 31.8 Å². The second kappa shape index (κ2) is 6.55. The Kier molecular flexibility index (Phi) is 5.31. The highest BCUT2D eigenvalue weighted by Crippen LogP contribution is 2.07. The molecule has 5 heteroatoms. The van der Waals surface area contributed by atoms with Crippen LogP contribution in [0.1, 0.15) is 25.6 Å². The Morgan fingerprint density at radius 2 is 2.27 bits per heavy atom. The maximum absolute atomic E-state index is 5.17. The SMILES string of the molecule is COCCONCc1cncn1C(C)C. The third kappa shape index (κ3) is 3.99. The van der Waals surface area contributed by atoms with Gasteiger partial charge in [0.2, 0.25) is 0 Å². The Balaban J connectivity index is 2.28. The van der Waals surface area contributed by atoms with Crippen LogP contribution in [-0.4, -0.2) is 29.9 Å². The third-order valence-electron chi connectivity index (χ3n) is 2.05. The summed E-state index contributed by atoms with van der Waals surface area (Å²) < 4.78 is 6.96. The minimum absolute atomic E-state index is 0.420. The quantitative estimate of drug-likeness (QED) is 0.545. The van der Waals surface area contributed by atoms with E-state index in [4.69, 9.17) is 9.57 Å². The van der Waals surface area contributed by atoms with Gasteiger partial charge in [-0.25, -0.2) is 4.98 Å². The summed E-state index contributed by atoms with van der Waals surface area (Å²) in [6.07, 6.45) is 3.67. The zero-order valence-corrected chi connectivity index (χ0v) is 9.56. The molecule has 1 aromatic rings. The number of ether oxygens (including phenoxy) is 1. The van der Waals surface area contributed by atoms with Crippen LogP contribution in [0, 0.1) is 0 Å². The number of methoxy groups -OCH3 is 1. The fourth-order valence-electron chi connectivity index (χ4n) is 1.26. The minimum atomic E-state index is 0.420. The van der Waals surface area contributed by atoms with Crippen molar-refractivity contribution in [2.24, 2.45) is 0 Å². The van der Waals surface area contributed by atoms with Crippen molar-refractivity contribution in [2.45, 2.75) is 26.4 Å². The van der Waals surface area contributed by atoms with Crippen LogP contribution >= 0.6 is 0 Å². The number of rotatable bonds is 7. The highest BCUT2D eigenvalue weighted by atomic mass is 16.7. The molecule has 15 heavy (non-hydrogen) atoms. The van der Waals surface area contributed by atoms with E-state index in [9.17, 15) is 0 Å². The summed E-state index contributed by atoms with van der Waals surface area (Å²) in [5, 5.41) is 0. The van der Waals surface area contributed by atoms with Gasteiger partial charge >= 0.3 is 0 Å². The fraction of sp³-hybridized carbons (Fsp3) is 0.700. The molecule has 86 valence electrons. The fourth-order valence-corrected chi connectivity index (χ4v) is 1.26. The van der Waals surface area contributed by atoms with E-state index in [0.29, 0.717) is 25.8 Å². The lowest BCUT2D eigenvalue weighted by molar-refractivity contribution is 0.00250. The number of nitrogens with one attached hydrogen (secondary N) is 1. The molecule has 0 aliphatic heterocycles. The van der Waals surface area contributed by atoms with Gasteiger partial charge in [0.25, 0.3) is 0 Å². The van der Waals surface area contributed by atoms with Gasteiger partial charge in [0, 0.05) is 19.3 Å². The molecule has 0 unspecified atom stereocenters. The van der Waals surface area contributed by atoms with Gasteiger partial charge in [-0.05, 0) is 13.8 Å². The average Bonchev–Trinajstić information content (AvgIpc) is 2.66. The molecule has 0 aromatic carbocycles. The van der Waals surface area contributed by atoms with E-state index < -0.39 is 0 Å². The Morgan fingerprint density at radius 1 is 1.47 bits per heavy atom. The molecule has 0 amide bonds. The van der Waals surface area contributed by atoms with Crippen LogP contribution < -0.4 is 5.48 Å². The summed E-state index contributed by atoms with van der Waals surface area (Å²) in [6, 6.07) is 0.420. The van der Waals surface area contributed by atoms with Crippen molar-refractivity contribution >= 4 is 0 Å². The first kappa shape index (κ1) is 12.2. The highest BCUT2D eigenvalue weighted by molar-refractivity contribution is 4.98. The van der Waals surface area contributed by atoms with Crippen molar-refractivity contribution in [3.05, 3.63) is 18.2 Å². The van der Waals surface area contributed by atoms with Crippen LogP contribution in [0.3, 0.4) is 0 Å². The Morgan fingerprint density at radius 3 is 2.93 bits per heavy atom. The van der Waals surface area contributed by atoms with E-state index in [1.807, 2.05) is 12.5 Å². The van der Waals surface area contributed by atoms with Crippen molar-refractivity contribution in [1.29, 1.82) is 0 Å². The number of aromatic nitrogens is 2. The first-order chi connectivity index (χ1) is 7.25. The van der Waals surface area contributed by atoms with Crippen LogP contribution in [0.25, 0.3) is 0 Å². The van der Waals surface area contributed by atoms with Gasteiger partial charge in [0.1, 0.15) is 0 Å². The molecule has 1 aromatic heterocycles. The summed E-state index contributed by atoms with van der Waals surface area (Å²) in [6.45, 7) is 6.04. The molecule has 1 heterocycles. The monoisotopic (exact) mass is 213 g/mol. The largest absolute Gasteiger partial charge is 0.382 e. The molecule has 0 aliphatic rings. The molecule has 0 fully saturated rings. The molecule has 0 spiro atoms. The van der Waals surface area contributed by atoms with Crippen LogP contribution in [0.15, 0.2) is 12.5 Å². The van der Waals surface area contributed by atoms with Crippen LogP contribution in [0.2, 0.25) is 0 Å². The van der Waals surface area contributed by atoms with Crippen molar-refractivity contribution in [3.63, 3.8) is 0 Å². The zero-order chi connectivity index (χ0) is 11.1. The van der Waals surface area contributed by atoms with E-state index in [1.165, 1.54) is 0 Å². The molecule has 0 bridgehead atoms. The average molecular weight is 213 g/mol. The second-order valence-corrected chi connectivity index (χ2v) is 3.55. The summed E-state index contributed by atoms with van der Waals surface area (Å²) >= 11 is 0. The van der Waals surface area contributed by atoms with E-state index in [-0.39, 0.29) is 0 Å². The summed E-state index contributed by atoms with van der Waals surface area (Å²) in [7, 11) is 1.65. The zero-order valence-electron chi connectivity index (χ0n) is 9.56. The molecule has 0 aliphatic carbocycles. The Bertz CT molecular complexity index is 273. The lowest BCUT2D eigenvalue weighted by Crippen LogP contribution is -2.19. The smallest absolute Gasteiger partial charge is 0.0951 e. The molecule has 1 rings (SSSR count). The van der Waals surface area contributed by atoms with Crippen LogP contribution in [0.5, 0.6) is 0 Å². The van der Waals surface area contributed by atoms with Crippen molar-refractivity contribution in [3.8, 4) is 0 Å². The topological polar surface area (TPSA) is 48.3 Å². The summed E-state index contributed by atoms with van der Waals surface area (Å²) in [5.41, 5.74) is 3.99. The van der Waals surface area contributed by atoms with Gasteiger partial charge in [-0.2, -0.15) is 5.48 Å². The van der Waals surface area contributed by atoms with E-state index in [0.717, 1.165) is 5.69 Å². The number of hydroxylamine groups is 1.